The number of rotatable bonds is 4. The van der Waals surface area contributed by atoms with Crippen LogP contribution in [0.5, 0.6) is 0 Å². The summed E-state index contributed by atoms with van der Waals surface area (Å²) in [5, 5.41) is 4.07. The van der Waals surface area contributed by atoms with Gasteiger partial charge in [0.05, 0.1) is 22.0 Å². The smallest absolute Gasteiger partial charge is 0.263 e. The molecule has 1 unspecified atom stereocenters. The Bertz CT molecular complexity index is 1150. The van der Waals surface area contributed by atoms with Crippen LogP contribution in [0.25, 0.3) is 10.9 Å². The van der Waals surface area contributed by atoms with Crippen LogP contribution in [0.15, 0.2) is 29.3 Å². The lowest BCUT2D eigenvalue weighted by Gasteiger charge is -2.20. The highest BCUT2D eigenvalue weighted by molar-refractivity contribution is 6.35. The summed E-state index contributed by atoms with van der Waals surface area (Å²) in [6, 6.07) is 5.07. The number of hydrogen-bond acceptors (Lipinski definition) is 6. The van der Waals surface area contributed by atoms with Gasteiger partial charge in [-0.1, -0.05) is 23.6 Å². The van der Waals surface area contributed by atoms with Gasteiger partial charge in [0, 0.05) is 6.04 Å². The van der Waals surface area contributed by atoms with E-state index in [9.17, 15) is 4.79 Å². The minimum atomic E-state index is -0.330. The number of anilines is 2. The third kappa shape index (κ3) is 2.98. The van der Waals surface area contributed by atoms with Crippen molar-refractivity contribution in [2.45, 2.75) is 31.8 Å². The van der Waals surface area contributed by atoms with Crippen LogP contribution in [0, 0.1) is 12.3 Å². The van der Waals surface area contributed by atoms with E-state index < -0.39 is 0 Å². The molecule has 2 aromatic heterocycles. The number of fused-ring (bicyclic) bond motifs is 1. The highest BCUT2D eigenvalue weighted by Gasteiger charge is 2.30. The fraction of sp³-hybridized carbons (Fsp3) is 0.263. The van der Waals surface area contributed by atoms with E-state index in [1.165, 1.54) is 6.33 Å². The van der Waals surface area contributed by atoms with Crippen molar-refractivity contribution in [3.63, 3.8) is 0 Å². The van der Waals surface area contributed by atoms with Gasteiger partial charge in [0.25, 0.3) is 5.56 Å². The summed E-state index contributed by atoms with van der Waals surface area (Å²) in [5.74, 6) is 3.76. The molecule has 0 saturated heterocycles. The number of halogens is 1. The molecule has 8 heteroatoms. The molecule has 1 aromatic carbocycles. The zero-order chi connectivity index (χ0) is 19.1. The number of benzene rings is 1. The van der Waals surface area contributed by atoms with Gasteiger partial charge >= 0.3 is 0 Å². The summed E-state index contributed by atoms with van der Waals surface area (Å²) in [4.78, 5) is 25.9. The Morgan fingerprint density at radius 1 is 1.41 bits per heavy atom. The van der Waals surface area contributed by atoms with Crippen LogP contribution in [0.3, 0.4) is 0 Å². The van der Waals surface area contributed by atoms with Gasteiger partial charge in [-0.3, -0.25) is 9.36 Å². The van der Waals surface area contributed by atoms with Crippen LogP contribution in [-0.4, -0.2) is 19.5 Å². The topological polar surface area (TPSA) is 98.7 Å². The normalized spacial score (nSPS) is 14.7. The van der Waals surface area contributed by atoms with Crippen LogP contribution < -0.4 is 16.6 Å². The number of nitrogens with two attached hydrogens (primary N) is 1. The van der Waals surface area contributed by atoms with E-state index in [-0.39, 0.29) is 23.5 Å². The molecule has 27 heavy (non-hydrogen) atoms. The highest BCUT2D eigenvalue weighted by atomic mass is 35.5. The zero-order valence-corrected chi connectivity index (χ0v) is 15.4. The molecule has 1 saturated carbocycles. The number of hydrogen-bond donors (Lipinski definition) is 2. The van der Waals surface area contributed by atoms with Crippen molar-refractivity contribution in [1.29, 1.82) is 0 Å². The van der Waals surface area contributed by atoms with E-state index in [0.717, 1.165) is 12.8 Å². The molecule has 3 N–H and O–H groups in total. The van der Waals surface area contributed by atoms with Gasteiger partial charge < -0.3 is 11.1 Å². The Hall–Kier alpha value is -3.11. The molecule has 0 spiro atoms. The van der Waals surface area contributed by atoms with Crippen molar-refractivity contribution in [3.8, 4) is 12.3 Å². The van der Waals surface area contributed by atoms with Gasteiger partial charge in [-0.25, -0.2) is 15.0 Å². The molecular formula is C19H17ClN6O. The minimum absolute atomic E-state index is 0.129. The van der Waals surface area contributed by atoms with Gasteiger partial charge in [-0.15, -0.1) is 6.42 Å². The van der Waals surface area contributed by atoms with Crippen LogP contribution >= 0.6 is 11.6 Å². The maximum Gasteiger partial charge on any atom is 0.263 e. The molecule has 7 nitrogen and oxygen atoms in total. The van der Waals surface area contributed by atoms with E-state index in [1.54, 1.807) is 22.8 Å². The second kappa shape index (κ2) is 6.56. The number of nitrogen functional groups attached to an aromatic ring is 1. The molecule has 2 heterocycles. The summed E-state index contributed by atoms with van der Waals surface area (Å²) in [6.45, 7) is 1.90. The second-order valence-electron chi connectivity index (χ2n) is 6.50. The molecule has 1 atom stereocenters. The van der Waals surface area contributed by atoms with Crippen LogP contribution in [0.1, 0.15) is 43.2 Å². The van der Waals surface area contributed by atoms with Gasteiger partial charge in [-0.05, 0) is 31.9 Å². The van der Waals surface area contributed by atoms with Crippen molar-refractivity contribution < 1.29 is 0 Å². The highest BCUT2D eigenvalue weighted by Crippen LogP contribution is 2.37. The Kier molecular flexibility index (Phi) is 4.21. The summed E-state index contributed by atoms with van der Waals surface area (Å²) in [5.41, 5.74) is 6.65. The molecule has 4 rings (SSSR count). The minimum Gasteiger partial charge on any atom is -0.382 e. The molecule has 136 valence electrons. The van der Waals surface area contributed by atoms with Crippen LogP contribution in [0.4, 0.5) is 11.6 Å². The molecule has 0 bridgehead atoms. The lowest BCUT2D eigenvalue weighted by molar-refractivity contribution is 0.609. The molecule has 1 fully saturated rings. The van der Waals surface area contributed by atoms with Crippen molar-refractivity contribution in [2.75, 3.05) is 11.1 Å². The predicted molar refractivity (Wildman–Crippen MR) is 106 cm³/mol. The lowest BCUT2D eigenvalue weighted by Crippen LogP contribution is -2.28. The lowest BCUT2D eigenvalue weighted by atomic mass is 10.2. The van der Waals surface area contributed by atoms with E-state index in [1.807, 2.05) is 6.92 Å². The maximum absolute atomic E-state index is 13.1. The first kappa shape index (κ1) is 17.3. The van der Waals surface area contributed by atoms with Crippen LogP contribution in [-0.2, 0) is 0 Å². The Morgan fingerprint density at radius 2 is 2.19 bits per heavy atom. The van der Waals surface area contributed by atoms with Gasteiger partial charge in [0.15, 0.2) is 0 Å². The van der Waals surface area contributed by atoms with Crippen molar-refractivity contribution in [1.82, 2.24) is 19.5 Å². The first-order valence-corrected chi connectivity index (χ1v) is 8.93. The fourth-order valence-corrected chi connectivity index (χ4v) is 3.38. The Labute approximate surface area is 160 Å². The molecule has 0 aliphatic heterocycles. The first-order chi connectivity index (χ1) is 13.0. The molecule has 3 aromatic rings. The standard InChI is InChI=1S/C19H17ClN6O/c1-3-12-16(21)22-9-23-17(12)24-10(2)18-25-14-6-4-5-13(20)15(14)19(27)26(18)11-7-8-11/h1,4-6,9-11H,7-8H2,2H3,(H3,21,22,23,24). The quantitative estimate of drug-likeness (QED) is 0.675. The molecule has 1 aliphatic carbocycles. The van der Waals surface area contributed by atoms with E-state index >= 15 is 0 Å². The fourth-order valence-electron chi connectivity index (χ4n) is 3.13. The zero-order valence-electron chi connectivity index (χ0n) is 14.6. The van der Waals surface area contributed by atoms with Crippen molar-refractivity contribution in [2.24, 2.45) is 0 Å². The summed E-state index contributed by atoms with van der Waals surface area (Å²) in [6.07, 6.45) is 8.75. The Morgan fingerprint density at radius 3 is 2.89 bits per heavy atom. The van der Waals surface area contributed by atoms with E-state index in [4.69, 9.17) is 28.7 Å². The monoisotopic (exact) mass is 380 g/mol. The average Bonchev–Trinajstić information content (AvgIpc) is 3.46. The predicted octanol–water partition coefficient (Wildman–Crippen LogP) is 2.91. The summed E-state index contributed by atoms with van der Waals surface area (Å²) < 4.78 is 1.73. The second-order valence-corrected chi connectivity index (χ2v) is 6.91. The van der Waals surface area contributed by atoms with E-state index in [2.05, 4.69) is 21.2 Å². The largest absolute Gasteiger partial charge is 0.382 e. The molecule has 0 radical (unpaired) electrons. The third-order valence-electron chi connectivity index (χ3n) is 4.58. The van der Waals surface area contributed by atoms with Crippen molar-refractivity contribution >= 4 is 34.1 Å². The number of nitrogens with one attached hydrogen (secondary N) is 1. The third-order valence-corrected chi connectivity index (χ3v) is 4.89. The van der Waals surface area contributed by atoms with Gasteiger partial charge in [0.2, 0.25) is 0 Å². The average molecular weight is 381 g/mol. The van der Waals surface area contributed by atoms with Gasteiger partial charge in [0.1, 0.15) is 29.4 Å². The van der Waals surface area contributed by atoms with Crippen molar-refractivity contribution in [3.05, 3.63) is 51.3 Å². The van der Waals surface area contributed by atoms with Crippen LogP contribution in [0.2, 0.25) is 5.02 Å². The number of nitrogens with zero attached hydrogens (tertiary/aromatic N) is 4. The summed E-state index contributed by atoms with van der Waals surface area (Å²) in [7, 11) is 0. The number of terminal acetylenes is 1. The first-order valence-electron chi connectivity index (χ1n) is 8.55. The Balaban J connectivity index is 1.84. The maximum atomic E-state index is 13.1. The molecule has 0 amide bonds. The molecule has 1 aliphatic rings. The molecular weight excluding hydrogens is 364 g/mol. The van der Waals surface area contributed by atoms with Gasteiger partial charge in [-0.2, -0.15) is 0 Å². The van der Waals surface area contributed by atoms with E-state index in [0.29, 0.717) is 33.1 Å². The number of aromatic nitrogens is 4. The summed E-state index contributed by atoms with van der Waals surface area (Å²) >= 11 is 6.26. The SMILES string of the molecule is C#Cc1c(N)ncnc1NC(C)c1nc2cccc(Cl)c2c(=O)n1C1CC1.